The molecule has 1 aliphatic rings. The van der Waals surface area contributed by atoms with Gasteiger partial charge < -0.3 is 18.9 Å². The number of esters is 4. The van der Waals surface area contributed by atoms with E-state index in [1.165, 1.54) is 27.7 Å². The molecule has 1 aliphatic carbocycles. The van der Waals surface area contributed by atoms with Crippen LogP contribution in [0.2, 0.25) is 0 Å². The third-order valence-electron chi connectivity index (χ3n) is 4.03. The fourth-order valence-electron chi connectivity index (χ4n) is 2.76. The zero-order valence-corrected chi connectivity index (χ0v) is 21.0. The first kappa shape index (κ1) is 27.7. The van der Waals surface area contributed by atoms with Gasteiger partial charge in [-0.3, -0.25) is 28.8 Å². The zero-order chi connectivity index (χ0) is 24.6. The van der Waals surface area contributed by atoms with Gasteiger partial charge in [0.25, 0.3) is 0 Å². The lowest BCUT2D eigenvalue weighted by molar-refractivity contribution is -0.162. The molecule has 0 bridgehead atoms. The van der Waals surface area contributed by atoms with E-state index in [0.717, 1.165) is 0 Å². The fourth-order valence-corrected chi connectivity index (χ4v) is 4.01. The maximum Gasteiger partial charge on any atom is 0.325 e. The van der Waals surface area contributed by atoms with E-state index in [1.54, 1.807) is 0 Å². The van der Waals surface area contributed by atoms with Gasteiger partial charge in [0, 0.05) is 11.1 Å². The number of halogens is 2. The summed E-state index contributed by atoms with van der Waals surface area (Å²) in [7, 11) is 0. The topological polar surface area (TPSA) is 139 Å². The lowest BCUT2D eigenvalue weighted by atomic mass is 9.83. The highest BCUT2D eigenvalue weighted by atomic mass is 79.9. The molecule has 10 nitrogen and oxygen atoms in total. The molecule has 0 amide bonds. The van der Waals surface area contributed by atoms with E-state index in [0.29, 0.717) is 0 Å². The Kier molecular flexibility index (Phi) is 10.9. The first-order valence-corrected chi connectivity index (χ1v) is 11.2. The van der Waals surface area contributed by atoms with Crippen molar-refractivity contribution in [3.8, 4) is 0 Å². The Morgan fingerprint density at radius 1 is 0.594 bits per heavy atom. The molecule has 0 aromatic carbocycles. The summed E-state index contributed by atoms with van der Waals surface area (Å²) in [6.45, 7) is 5.58. The van der Waals surface area contributed by atoms with Crippen LogP contribution >= 0.6 is 31.9 Å². The van der Waals surface area contributed by atoms with Crippen LogP contribution in [0.4, 0.5) is 0 Å². The zero-order valence-electron chi connectivity index (χ0n) is 17.8. The molecule has 0 spiro atoms. The van der Waals surface area contributed by atoms with Crippen molar-refractivity contribution in [3.63, 3.8) is 0 Å². The maximum atomic E-state index is 13.2. The van der Waals surface area contributed by atoms with Gasteiger partial charge in [-0.05, 0) is 59.6 Å². The largest absolute Gasteiger partial charge is 0.465 e. The summed E-state index contributed by atoms with van der Waals surface area (Å²) in [5, 5.41) is 0. The first-order chi connectivity index (χ1) is 15.1. The van der Waals surface area contributed by atoms with Crippen molar-refractivity contribution in [2.75, 3.05) is 26.4 Å². The summed E-state index contributed by atoms with van der Waals surface area (Å²) in [6, 6.07) is 0. The SMILES string of the molecule is CCOC(=O)C(C(=O)OCC)C1=C(Br)C(=O)C(C(C(=O)OCC)C(=O)OCC)=C(Br)C1=O. The van der Waals surface area contributed by atoms with Gasteiger partial charge in [-0.1, -0.05) is 0 Å². The summed E-state index contributed by atoms with van der Waals surface area (Å²) in [5.41, 5.74) is -1.09. The number of rotatable bonds is 10. The highest BCUT2D eigenvalue weighted by molar-refractivity contribution is 9.12. The van der Waals surface area contributed by atoms with Crippen LogP contribution in [-0.2, 0) is 47.7 Å². The van der Waals surface area contributed by atoms with Gasteiger partial charge in [0.05, 0.1) is 35.4 Å². The number of Topliss-reactive ketones (excluding diaryl/α,β-unsaturated/α-hetero) is 2. The predicted octanol–water partition coefficient (Wildman–Crippen LogP) is 1.92. The number of carbonyl (C=O) groups excluding carboxylic acids is 6. The number of carbonyl (C=O) groups is 6. The van der Waals surface area contributed by atoms with Crippen LogP contribution in [0, 0.1) is 11.8 Å². The summed E-state index contributed by atoms with van der Waals surface area (Å²) in [5.74, 6) is -10.1. The average Bonchev–Trinajstić information content (AvgIpc) is 2.73. The number of ether oxygens (including phenoxy) is 4. The Labute approximate surface area is 200 Å². The second kappa shape index (κ2) is 12.6. The summed E-state index contributed by atoms with van der Waals surface area (Å²) in [6.07, 6.45) is 0. The monoisotopic (exact) mass is 580 g/mol. The van der Waals surface area contributed by atoms with Crippen molar-refractivity contribution in [1.29, 1.82) is 0 Å². The van der Waals surface area contributed by atoms with E-state index in [2.05, 4.69) is 31.9 Å². The number of allylic oxidation sites excluding steroid dienone is 2. The van der Waals surface area contributed by atoms with Crippen LogP contribution in [0.5, 0.6) is 0 Å². The Morgan fingerprint density at radius 2 is 0.812 bits per heavy atom. The molecule has 0 aromatic heterocycles. The molecule has 32 heavy (non-hydrogen) atoms. The van der Waals surface area contributed by atoms with Gasteiger partial charge in [-0.25, -0.2) is 0 Å². The molecule has 0 unspecified atom stereocenters. The number of hydrogen-bond donors (Lipinski definition) is 0. The minimum atomic E-state index is -1.86. The maximum absolute atomic E-state index is 13.2. The molecule has 0 fully saturated rings. The average molecular weight is 582 g/mol. The third kappa shape index (κ3) is 5.91. The first-order valence-electron chi connectivity index (χ1n) is 9.63. The van der Waals surface area contributed by atoms with E-state index < -0.39 is 67.4 Å². The highest BCUT2D eigenvalue weighted by Crippen LogP contribution is 2.39. The molecule has 0 aliphatic heterocycles. The molecule has 176 valence electrons. The van der Waals surface area contributed by atoms with E-state index in [1.807, 2.05) is 0 Å². The van der Waals surface area contributed by atoms with Crippen LogP contribution in [-0.4, -0.2) is 61.9 Å². The number of ketones is 2. The fraction of sp³-hybridized carbons (Fsp3) is 0.500. The molecule has 0 N–H and O–H groups in total. The second-order valence-electron chi connectivity index (χ2n) is 5.99. The Hall–Kier alpha value is -2.34. The van der Waals surface area contributed by atoms with Gasteiger partial charge in [-0.2, -0.15) is 0 Å². The van der Waals surface area contributed by atoms with Gasteiger partial charge in [0.2, 0.25) is 0 Å². The molecule has 0 heterocycles. The van der Waals surface area contributed by atoms with Crippen molar-refractivity contribution in [2.24, 2.45) is 11.8 Å². The third-order valence-corrected chi connectivity index (χ3v) is 5.60. The lowest BCUT2D eigenvalue weighted by Crippen LogP contribution is -2.39. The lowest BCUT2D eigenvalue weighted by Gasteiger charge is -2.25. The number of hydrogen-bond acceptors (Lipinski definition) is 10. The quantitative estimate of drug-likeness (QED) is 0.163. The normalized spacial score (nSPS) is 14.1. The van der Waals surface area contributed by atoms with E-state index >= 15 is 0 Å². The van der Waals surface area contributed by atoms with Crippen molar-refractivity contribution in [3.05, 3.63) is 20.1 Å². The summed E-state index contributed by atoms with van der Waals surface area (Å²) < 4.78 is 18.5. The molecule has 0 aromatic rings. The molecule has 0 saturated heterocycles. The summed E-state index contributed by atoms with van der Waals surface area (Å²) >= 11 is 5.89. The van der Waals surface area contributed by atoms with Crippen LogP contribution in [0.3, 0.4) is 0 Å². The Morgan fingerprint density at radius 3 is 1.00 bits per heavy atom. The minimum absolute atomic E-state index is 0.0994. The predicted molar refractivity (Wildman–Crippen MR) is 115 cm³/mol. The Bertz CT molecular complexity index is 779. The molecule has 0 radical (unpaired) electrons. The summed E-state index contributed by atoms with van der Waals surface area (Å²) in [4.78, 5) is 76.1. The Balaban J connectivity index is 3.64. The minimum Gasteiger partial charge on any atom is -0.465 e. The molecule has 12 heteroatoms. The molecule has 1 rings (SSSR count). The molecule has 0 saturated carbocycles. The van der Waals surface area contributed by atoms with Gasteiger partial charge in [0.1, 0.15) is 0 Å². The standard InChI is InChI=1S/C20H22Br2O10/c1-5-29-17(25)11(18(26)30-6-2)9-13(21)16(24)10(14(22)15(9)23)12(19(27)31-7-3)20(28)32-8-4/h11-12H,5-8H2,1-4H3. The van der Waals surface area contributed by atoms with Crippen LogP contribution in [0.25, 0.3) is 0 Å². The van der Waals surface area contributed by atoms with Crippen molar-refractivity contribution < 1.29 is 47.7 Å². The van der Waals surface area contributed by atoms with Crippen molar-refractivity contribution in [2.45, 2.75) is 27.7 Å². The van der Waals surface area contributed by atoms with Gasteiger partial charge in [0.15, 0.2) is 23.4 Å². The molecular weight excluding hydrogens is 560 g/mol. The van der Waals surface area contributed by atoms with Crippen LogP contribution in [0.15, 0.2) is 20.1 Å². The molecule has 0 atom stereocenters. The van der Waals surface area contributed by atoms with Crippen LogP contribution in [0.1, 0.15) is 27.7 Å². The van der Waals surface area contributed by atoms with Crippen LogP contribution < -0.4 is 0 Å². The van der Waals surface area contributed by atoms with E-state index in [9.17, 15) is 28.8 Å². The van der Waals surface area contributed by atoms with Gasteiger partial charge in [-0.15, -0.1) is 0 Å². The smallest absolute Gasteiger partial charge is 0.325 e. The van der Waals surface area contributed by atoms with Gasteiger partial charge >= 0.3 is 23.9 Å². The molecular formula is C20H22Br2O10. The van der Waals surface area contributed by atoms with Crippen molar-refractivity contribution in [1.82, 2.24) is 0 Å². The second-order valence-corrected chi connectivity index (χ2v) is 7.57. The highest BCUT2D eigenvalue weighted by Gasteiger charge is 2.48. The van der Waals surface area contributed by atoms with E-state index in [-0.39, 0.29) is 26.4 Å². The van der Waals surface area contributed by atoms with Crippen molar-refractivity contribution >= 4 is 67.3 Å². The van der Waals surface area contributed by atoms with E-state index in [4.69, 9.17) is 18.9 Å².